The highest BCUT2D eigenvalue weighted by Gasteiger charge is 2.31. The van der Waals surface area contributed by atoms with Gasteiger partial charge in [-0.1, -0.05) is 41.9 Å². The van der Waals surface area contributed by atoms with Gasteiger partial charge in [-0.3, -0.25) is 14.4 Å². The zero-order valence-corrected chi connectivity index (χ0v) is 21.0. The second kappa shape index (κ2) is 12.0. The number of nitrogens with one attached hydrogen (secondary N) is 1. The molecule has 0 fully saturated rings. The summed E-state index contributed by atoms with van der Waals surface area (Å²) >= 11 is 5.93. The minimum absolute atomic E-state index is 0.0547. The number of benzene rings is 3. The molecule has 0 saturated heterocycles. The Morgan fingerprint density at radius 1 is 1.03 bits per heavy atom. The predicted molar refractivity (Wildman–Crippen MR) is 142 cm³/mol. The summed E-state index contributed by atoms with van der Waals surface area (Å²) in [5, 5.41) is 12.3. The van der Waals surface area contributed by atoms with Crippen LogP contribution in [0.1, 0.15) is 53.1 Å². The summed E-state index contributed by atoms with van der Waals surface area (Å²) in [6.07, 6.45) is 2.05. The Bertz CT molecular complexity index is 1300. The highest BCUT2D eigenvalue weighted by Crippen LogP contribution is 2.36. The highest BCUT2D eigenvalue weighted by atomic mass is 35.5. The number of fused-ring (bicyclic) bond motifs is 1. The number of carboxylic acid groups (broad SMARTS) is 1. The number of anilines is 2. The standard InChI is InChI=1S/C29H28ClFN2O4/c30-21-11-13-22(14-12-21)32-29(37)24-15-16-33(26-7-3-2-6-23(24)26)18-27(34)20-10-9-19(25(31)17-20)5-1-4-8-28(35)36/h2-3,6-7,9-14,17,24H,1,4-5,8,15-16,18H2,(H,32,37)(H,35,36). The zero-order valence-electron chi connectivity index (χ0n) is 20.3. The van der Waals surface area contributed by atoms with E-state index in [1.807, 2.05) is 29.2 Å². The van der Waals surface area contributed by atoms with Crippen molar-refractivity contribution < 1.29 is 23.9 Å². The molecular weight excluding hydrogens is 495 g/mol. The third-order valence-corrected chi connectivity index (χ3v) is 6.82. The zero-order chi connectivity index (χ0) is 26.4. The van der Waals surface area contributed by atoms with Crippen molar-refractivity contribution in [1.29, 1.82) is 0 Å². The Kier molecular flexibility index (Phi) is 8.56. The molecule has 1 unspecified atom stereocenters. The Hall–Kier alpha value is -3.71. The van der Waals surface area contributed by atoms with E-state index in [0.29, 0.717) is 48.5 Å². The van der Waals surface area contributed by atoms with Crippen LogP contribution in [0.2, 0.25) is 5.02 Å². The van der Waals surface area contributed by atoms with Gasteiger partial charge in [0, 0.05) is 34.9 Å². The normalized spacial score (nSPS) is 14.6. The third-order valence-electron chi connectivity index (χ3n) is 6.57. The molecule has 8 heteroatoms. The Labute approximate surface area is 220 Å². The highest BCUT2D eigenvalue weighted by molar-refractivity contribution is 6.30. The fraction of sp³-hybridized carbons (Fsp3) is 0.276. The van der Waals surface area contributed by atoms with E-state index in [1.165, 1.54) is 6.07 Å². The number of hydrogen-bond donors (Lipinski definition) is 2. The van der Waals surface area contributed by atoms with Crippen LogP contribution in [0.25, 0.3) is 0 Å². The number of hydrogen-bond acceptors (Lipinski definition) is 4. The summed E-state index contributed by atoms with van der Waals surface area (Å²) < 4.78 is 14.6. The molecule has 4 rings (SSSR count). The van der Waals surface area contributed by atoms with Gasteiger partial charge in [-0.2, -0.15) is 0 Å². The number of halogens is 2. The third kappa shape index (κ3) is 6.74. The van der Waals surface area contributed by atoms with E-state index in [9.17, 15) is 18.8 Å². The van der Waals surface area contributed by atoms with E-state index < -0.39 is 11.8 Å². The molecule has 1 aliphatic rings. The molecular formula is C29H28ClFN2O4. The summed E-state index contributed by atoms with van der Waals surface area (Å²) in [5.41, 5.74) is 3.08. The Morgan fingerprint density at radius 2 is 1.78 bits per heavy atom. The van der Waals surface area contributed by atoms with E-state index in [1.54, 1.807) is 36.4 Å². The first kappa shape index (κ1) is 26.4. The van der Waals surface area contributed by atoms with Gasteiger partial charge in [0.05, 0.1) is 12.5 Å². The van der Waals surface area contributed by atoms with E-state index in [0.717, 1.165) is 11.3 Å². The van der Waals surface area contributed by atoms with Crippen LogP contribution in [0.3, 0.4) is 0 Å². The van der Waals surface area contributed by atoms with Crippen LogP contribution in [0.4, 0.5) is 15.8 Å². The lowest BCUT2D eigenvalue weighted by molar-refractivity contribution is -0.137. The molecule has 0 aromatic heterocycles. The van der Waals surface area contributed by atoms with Gasteiger partial charge in [-0.05, 0) is 73.2 Å². The van der Waals surface area contributed by atoms with Gasteiger partial charge in [0.25, 0.3) is 0 Å². The maximum atomic E-state index is 14.6. The van der Waals surface area contributed by atoms with Crippen molar-refractivity contribution >= 4 is 40.6 Å². The molecule has 3 aromatic rings. The van der Waals surface area contributed by atoms with Gasteiger partial charge in [-0.15, -0.1) is 0 Å². The second-order valence-electron chi connectivity index (χ2n) is 9.15. The number of carboxylic acids is 1. The number of para-hydroxylation sites is 1. The van der Waals surface area contributed by atoms with Gasteiger partial charge >= 0.3 is 5.97 Å². The molecule has 37 heavy (non-hydrogen) atoms. The van der Waals surface area contributed by atoms with Crippen LogP contribution in [-0.2, 0) is 16.0 Å². The number of unbranched alkanes of at least 4 members (excludes halogenated alkanes) is 1. The predicted octanol–water partition coefficient (Wildman–Crippen LogP) is 6.09. The van der Waals surface area contributed by atoms with Crippen molar-refractivity contribution in [2.45, 2.75) is 38.0 Å². The monoisotopic (exact) mass is 522 g/mol. The van der Waals surface area contributed by atoms with Crippen molar-refractivity contribution in [3.8, 4) is 0 Å². The maximum absolute atomic E-state index is 14.6. The molecule has 0 radical (unpaired) electrons. The number of aryl methyl sites for hydroxylation is 1. The van der Waals surface area contributed by atoms with Crippen molar-refractivity contribution in [3.63, 3.8) is 0 Å². The lowest BCUT2D eigenvalue weighted by Crippen LogP contribution is -2.38. The first-order chi connectivity index (χ1) is 17.8. The number of carbonyl (C=O) groups is 3. The molecule has 2 N–H and O–H groups in total. The largest absolute Gasteiger partial charge is 0.481 e. The Balaban J connectivity index is 1.42. The van der Waals surface area contributed by atoms with Crippen LogP contribution < -0.4 is 10.2 Å². The molecule has 0 bridgehead atoms. The van der Waals surface area contributed by atoms with Gasteiger partial charge in [0.15, 0.2) is 5.78 Å². The molecule has 0 saturated carbocycles. The lowest BCUT2D eigenvalue weighted by atomic mass is 9.88. The molecule has 192 valence electrons. The molecule has 0 spiro atoms. The number of aliphatic carboxylic acids is 1. The van der Waals surface area contributed by atoms with Crippen molar-refractivity contribution in [1.82, 2.24) is 0 Å². The van der Waals surface area contributed by atoms with Gasteiger partial charge in [-0.25, -0.2) is 4.39 Å². The fourth-order valence-corrected chi connectivity index (χ4v) is 4.74. The number of amides is 1. The average molecular weight is 523 g/mol. The average Bonchev–Trinajstić information content (AvgIpc) is 2.88. The number of Topliss-reactive ketones (excluding diaryl/α,β-unsaturated/α-hetero) is 1. The number of nitrogens with zero attached hydrogens (tertiary/aromatic N) is 1. The van der Waals surface area contributed by atoms with E-state index in [2.05, 4.69) is 5.32 Å². The van der Waals surface area contributed by atoms with Crippen LogP contribution >= 0.6 is 11.6 Å². The first-order valence-corrected chi connectivity index (χ1v) is 12.6. The Morgan fingerprint density at radius 3 is 2.51 bits per heavy atom. The van der Waals surface area contributed by atoms with E-state index in [4.69, 9.17) is 16.7 Å². The van der Waals surface area contributed by atoms with Gasteiger partial charge in [0.2, 0.25) is 5.91 Å². The van der Waals surface area contributed by atoms with Crippen LogP contribution in [0, 0.1) is 5.82 Å². The van der Waals surface area contributed by atoms with Crippen LogP contribution in [0.15, 0.2) is 66.7 Å². The molecule has 0 aliphatic carbocycles. The van der Waals surface area contributed by atoms with Crippen molar-refractivity contribution in [2.24, 2.45) is 0 Å². The van der Waals surface area contributed by atoms with Crippen molar-refractivity contribution in [3.05, 3.63) is 94.3 Å². The summed E-state index contributed by atoms with van der Waals surface area (Å²) in [6, 6.07) is 18.9. The number of carbonyl (C=O) groups excluding carboxylic acids is 2. The van der Waals surface area contributed by atoms with Crippen molar-refractivity contribution in [2.75, 3.05) is 23.3 Å². The van der Waals surface area contributed by atoms with Crippen LogP contribution in [-0.4, -0.2) is 35.9 Å². The van der Waals surface area contributed by atoms with Crippen LogP contribution in [0.5, 0.6) is 0 Å². The SMILES string of the molecule is O=C(O)CCCCc1ccc(C(=O)CN2CCC(C(=O)Nc3ccc(Cl)cc3)c3ccccc32)cc1F. The minimum atomic E-state index is -0.866. The summed E-state index contributed by atoms with van der Waals surface area (Å²) in [5.74, 6) is -2.03. The molecule has 1 heterocycles. The fourth-order valence-electron chi connectivity index (χ4n) is 4.61. The molecule has 6 nitrogen and oxygen atoms in total. The number of ketones is 1. The second-order valence-corrected chi connectivity index (χ2v) is 9.58. The molecule has 1 amide bonds. The summed E-state index contributed by atoms with van der Waals surface area (Å²) in [6.45, 7) is 0.575. The molecule has 3 aromatic carbocycles. The topological polar surface area (TPSA) is 86.7 Å². The number of rotatable bonds is 10. The van der Waals surface area contributed by atoms with Gasteiger partial charge < -0.3 is 15.3 Å². The van der Waals surface area contributed by atoms with Gasteiger partial charge in [0.1, 0.15) is 5.82 Å². The molecule has 1 aliphatic heterocycles. The van der Waals surface area contributed by atoms with E-state index >= 15 is 0 Å². The lowest BCUT2D eigenvalue weighted by Gasteiger charge is -2.34. The quantitative estimate of drug-likeness (QED) is 0.248. The summed E-state index contributed by atoms with van der Waals surface area (Å²) in [7, 11) is 0. The smallest absolute Gasteiger partial charge is 0.303 e. The minimum Gasteiger partial charge on any atom is -0.481 e. The summed E-state index contributed by atoms with van der Waals surface area (Å²) in [4.78, 5) is 38.7. The first-order valence-electron chi connectivity index (χ1n) is 12.3. The maximum Gasteiger partial charge on any atom is 0.303 e. The van der Waals surface area contributed by atoms with E-state index in [-0.39, 0.29) is 36.1 Å². The molecule has 1 atom stereocenters.